The molecule has 1 aromatic carbocycles. The fourth-order valence-electron chi connectivity index (χ4n) is 2.75. The fourth-order valence-corrected chi connectivity index (χ4v) is 2.75. The molecule has 0 aromatic heterocycles. The molecule has 0 spiro atoms. The number of carbonyl (C=O) groups excluding carboxylic acids is 1. The zero-order chi connectivity index (χ0) is 14.7. The van der Waals surface area contributed by atoms with Gasteiger partial charge in [-0.2, -0.15) is 0 Å². The van der Waals surface area contributed by atoms with Crippen LogP contribution in [0.5, 0.6) is 0 Å². The summed E-state index contributed by atoms with van der Waals surface area (Å²) >= 11 is 0. The van der Waals surface area contributed by atoms with Gasteiger partial charge in [0, 0.05) is 19.2 Å². The van der Waals surface area contributed by atoms with Crippen LogP contribution in [0.1, 0.15) is 6.42 Å². The number of rotatable bonds is 2. The Bertz CT molecular complexity index is 756. The lowest BCUT2D eigenvalue weighted by molar-refractivity contribution is -0.128. The molecule has 1 aliphatic heterocycles. The Hall–Kier alpha value is -2.39. The molecule has 3 heteroatoms. The molecule has 2 aliphatic rings. The average molecular weight is 278 g/mol. The molecule has 0 radical (unpaired) electrons. The predicted molar refractivity (Wildman–Crippen MR) is 85.3 cm³/mol. The highest BCUT2D eigenvalue weighted by molar-refractivity contribution is 5.82. The standard InChI is InChI=1S/C18H18N2O/c19-12-11-18(21)20-13-5-7-14-6-1-2-8-15(14)16-9-3-4-10-17(16)20/h1-10,13,17H,11-12,19H2/b13-5-,14-7-,16-15-. The van der Waals surface area contributed by atoms with E-state index in [1.165, 1.54) is 5.22 Å². The Balaban J connectivity index is 2.20. The van der Waals surface area contributed by atoms with Crippen LogP contribution in [-0.2, 0) is 4.79 Å². The monoisotopic (exact) mass is 278 g/mol. The smallest absolute Gasteiger partial charge is 0.228 e. The van der Waals surface area contributed by atoms with Gasteiger partial charge in [-0.05, 0) is 22.1 Å². The van der Waals surface area contributed by atoms with E-state index in [9.17, 15) is 4.79 Å². The minimum atomic E-state index is -0.0693. The number of amides is 1. The van der Waals surface area contributed by atoms with E-state index < -0.39 is 0 Å². The maximum atomic E-state index is 12.3. The number of carbonyl (C=O) groups is 1. The van der Waals surface area contributed by atoms with E-state index in [4.69, 9.17) is 5.73 Å². The Morgan fingerprint density at radius 3 is 2.90 bits per heavy atom. The molecule has 1 heterocycles. The first kappa shape index (κ1) is 13.6. The van der Waals surface area contributed by atoms with Gasteiger partial charge in [0.25, 0.3) is 0 Å². The third-order valence-corrected chi connectivity index (χ3v) is 3.74. The van der Waals surface area contributed by atoms with Crippen molar-refractivity contribution in [3.05, 3.63) is 71.3 Å². The summed E-state index contributed by atoms with van der Waals surface area (Å²) in [6, 6.07) is 8.18. The second-order valence-electron chi connectivity index (χ2n) is 5.08. The van der Waals surface area contributed by atoms with Gasteiger partial charge in [-0.25, -0.2) is 0 Å². The van der Waals surface area contributed by atoms with Crippen molar-refractivity contribution in [1.29, 1.82) is 0 Å². The molecule has 0 saturated carbocycles. The predicted octanol–water partition coefficient (Wildman–Crippen LogP) is 0.817. The summed E-state index contributed by atoms with van der Waals surface area (Å²) in [5.74, 6) is 0.0454. The lowest BCUT2D eigenvalue weighted by Gasteiger charge is -2.30. The Kier molecular flexibility index (Phi) is 3.84. The topological polar surface area (TPSA) is 46.3 Å². The van der Waals surface area contributed by atoms with Crippen LogP contribution < -0.4 is 16.2 Å². The van der Waals surface area contributed by atoms with Crippen LogP contribution >= 0.6 is 0 Å². The molecule has 21 heavy (non-hydrogen) atoms. The molecular weight excluding hydrogens is 260 g/mol. The van der Waals surface area contributed by atoms with E-state index in [2.05, 4.69) is 24.3 Å². The Labute approximate surface area is 124 Å². The largest absolute Gasteiger partial charge is 0.330 e. The molecule has 106 valence electrons. The van der Waals surface area contributed by atoms with Crippen molar-refractivity contribution in [2.75, 3.05) is 6.54 Å². The molecular formula is C18H18N2O. The van der Waals surface area contributed by atoms with Gasteiger partial charge in [0.1, 0.15) is 0 Å². The summed E-state index contributed by atoms with van der Waals surface area (Å²) in [6.07, 6.45) is 14.3. The summed E-state index contributed by atoms with van der Waals surface area (Å²) in [6.45, 7) is 0.366. The molecule has 1 aromatic rings. The van der Waals surface area contributed by atoms with E-state index in [0.717, 1.165) is 10.8 Å². The van der Waals surface area contributed by atoms with Gasteiger partial charge in [-0.3, -0.25) is 4.79 Å². The van der Waals surface area contributed by atoms with E-state index >= 15 is 0 Å². The quantitative estimate of drug-likeness (QED) is 0.870. The molecule has 1 unspecified atom stereocenters. The number of nitrogens with two attached hydrogens (primary N) is 1. The lowest BCUT2D eigenvalue weighted by atomic mass is 9.96. The van der Waals surface area contributed by atoms with Gasteiger partial charge in [-0.15, -0.1) is 0 Å². The maximum absolute atomic E-state index is 12.3. The van der Waals surface area contributed by atoms with Crippen molar-refractivity contribution in [1.82, 2.24) is 4.90 Å². The van der Waals surface area contributed by atoms with Crippen molar-refractivity contribution >= 4 is 17.6 Å². The molecule has 3 rings (SSSR count). The highest BCUT2D eigenvalue weighted by atomic mass is 16.2. The fraction of sp³-hybridized carbons (Fsp3) is 0.167. The molecule has 1 amide bonds. The van der Waals surface area contributed by atoms with Crippen molar-refractivity contribution in [2.24, 2.45) is 5.73 Å². The molecule has 0 saturated heterocycles. The third-order valence-electron chi connectivity index (χ3n) is 3.74. The van der Waals surface area contributed by atoms with Gasteiger partial charge in [-0.1, -0.05) is 54.6 Å². The zero-order valence-corrected chi connectivity index (χ0v) is 11.8. The van der Waals surface area contributed by atoms with Crippen molar-refractivity contribution in [3.8, 4) is 0 Å². The summed E-state index contributed by atoms with van der Waals surface area (Å²) in [5.41, 5.74) is 6.67. The number of nitrogens with zero attached hydrogens (tertiary/aromatic N) is 1. The summed E-state index contributed by atoms with van der Waals surface area (Å²) in [4.78, 5) is 14.1. The highest BCUT2D eigenvalue weighted by Crippen LogP contribution is 2.20. The van der Waals surface area contributed by atoms with Crippen molar-refractivity contribution in [3.63, 3.8) is 0 Å². The molecule has 3 nitrogen and oxygen atoms in total. The zero-order valence-electron chi connectivity index (χ0n) is 11.8. The summed E-state index contributed by atoms with van der Waals surface area (Å²) in [7, 11) is 0. The SMILES string of the molecule is NCCC(=O)N1\C=C/C=c2/cccc/c2=C2\C=CC=CC21. The second-order valence-corrected chi connectivity index (χ2v) is 5.08. The minimum absolute atomic E-state index is 0.0454. The molecule has 1 atom stereocenters. The lowest BCUT2D eigenvalue weighted by Crippen LogP contribution is -2.41. The molecule has 1 aliphatic carbocycles. The normalized spacial score (nSPS) is 25.1. The van der Waals surface area contributed by atoms with Crippen molar-refractivity contribution in [2.45, 2.75) is 12.5 Å². The van der Waals surface area contributed by atoms with Gasteiger partial charge < -0.3 is 10.6 Å². The minimum Gasteiger partial charge on any atom is -0.330 e. The number of hydrogen-bond donors (Lipinski definition) is 1. The number of allylic oxidation sites excluding steroid dienone is 3. The Morgan fingerprint density at radius 1 is 1.19 bits per heavy atom. The second kappa shape index (κ2) is 5.94. The van der Waals surface area contributed by atoms with Crippen LogP contribution in [0.15, 0.2) is 60.8 Å². The number of fused-ring (bicyclic) bond motifs is 2. The van der Waals surface area contributed by atoms with Crippen molar-refractivity contribution < 1.29 is 4.79 Å². The van der Waals surface area contributed by atoms with Gasteiger partial charge >= 0.3 is 0 Å². The number of hydrogen-bond acceptors (Lipinski definition) is 2. The first-order valence-electron chi connectivity index (χ1n) is 7.15. The first-order chi connectivity index (χ1) is 10.3. The maximum Gasteiger partial charge on any atom is 0.228 e. The van der Waals surface area contributed by atoms with Crippen LogP contribution in [0.25, 0.3) is 11.6 Å². The summed E-state index contributed by atoms with van der Waals surface area (Å²) < 4.78 is 0. The van der Waals surface area contributed by atoms with Gasteiger partial charge in [0.2, 0.25) is 5.91 Å². The van der Waals surface area contributed by atoms with Crippen LogP contribution in [0.3, 0.4) is 0 Å². The third kappa shape index (κ3) is 2.60. The molecule has 0 bridgehead atoms. The number of benzene rings is 1. The molecule has 2 N–H and O–H groups in total. The van der Waals surface area contributed by atoms with Crippen LogP contribution in [0.4, 0.5) is 0 Å². The first-order valence-corrected chi connectivity index (χ1v) is 7.15. The molecule has 0 fully saturated rings. The average Bonchev–Trinajstić information content (AvgIpc) is 2.50. The summed E-state index contributed by atoms with van der Waals surface area (Å²) in [5, 5.41) is 2.33. The van der Waals surface area contributed by atoms with E-state index in [1.807, 2.05) is 42.6 Å². The highest BCUT2D eigenvalue weighted by Gasteiger charge is 2.23. The van der Waals surface area contributed by atoms with Crippen LogP contribution in [0, 0.1) is 0 Å². The van der Waals surface area contributed by atoms with E-state index in [0.29, 0.717) is 13.0 Å². The Morgan fingerprint density at radius 2 is 2.05 bits per heavy atom. The van der Waals surface area contributed by atoms with E-state index in [-0.39, 0.29) is 11.9 Å². The van der Waals surface area contributed by atoms with E-state index in [1.54, 1.807) is 4.90 Å². The van der Waals surface area contributed by atoms with Crippen LogP contribution in [0.2, 0.25) is 0 Å². The van der Waals surface area contributed by atoms with Gasteiger partial charge in [0.15, 0.2) is 0 Å². The van der Waals surface area contributed by atoms with Gasteiger partial charge in [0.05, 0.1) is 6.04 Å². The van der Waals surface area contributed by atoms with Crippen LogP contribution in [-0.4, -0.2) is 23.4 Å².